The second kappa shape index (κ2) is 4.03. The molecule has 1 aliphatic heterocycles. The molecular formula is C14H10ClNO2. The van der Waals surface area contributed by atoms with E-state index < -0.39 is 0 Å². The number of nitrogens with zero attached hydrogens (tertiary/aromatic N) is 1. The molecule has 0 aliphatic carbocycles. The van der Waals surface area contributed by atoms with Crippen LogP contribution in [0.2, 0.25) is 5.02 Å². The number of amides is 1. The Kier molecular flexibility index (Phi) is 2.49. The molecule has 0 radical (unpaired) electrons. The van der Waals surface area contributed by atoms with Gasteiger partial charge in [-0.2, -0.15) is 0 Å². The van der Waals surface area contributed by atoms with E-state index >= 15 is 0 Å². The molecule has 1 amide bonds. The molecule has 90 valence electrons. The summed E-state index contributed by atoms with van der Waals surface area (Å²) in [5, 5.41) is 0.572. The standard InChI is InChI=1S/C14H10ClNO2/c1-9(17)16-11-4-2-3-5-13(11)18-14-7-6-10(15)8-12(14)16/h2-8H,1H3. The molecule has 0 bridgehead atoms. The van der Waals surface area contributed by atoms with Crippen molar-refractivity contribution in [1.82, 2.24) is 0 Å². The van der Waals surface area contributed by atoms with Crippen LogP contribution in [0.3, 0.4) is 0 Å². The molecule has 0 saturated heterocycles. The number of carbonyl (C=O) groups excluding carboxylic acids is 1. The van der Waals surface area contributed by atoms with Gasteiger partial charge in [-0.1, -0.05) is 23.7 Å². The van der Waals surface area contributed by atoms with E-state index in [2.05, 4.69) is 0 Å². The third kappa shape index (κ3) is 1.64. The van der Waals surface area contributed by atoms with Crippen LogP contribution < -0.4 is 9.64 Å². The fraction of sp³-hybridized carbons (Fsp3) is 0.0714. The first-order valence-electron chi connectivity index (χ1n) is 5.54. The summed E-state index contributed by atoms with van der Waals surface area (Å²) in [5.41, 5.74) is 1.41. The molecular weight excluding hydrogens is 250 g/mol. The summed E-state index contributed by atoms with van der Waals surface area (Å²) in [6.45, 7) is 1.52. The summed E-state index contributed by atoms with van der Waals surface area (Å²) in [5.74, 6) is 1.23. The highest BCUT2D eigenvalue weighted by molar-refractivity contribution is 6.31. The van der Waals surface area contributed by atoms with Gasteiger partial charge in [0.2, 0.25) is 5.91 Å². The maximum Gasteiger partial charge on any atom is 0.228 e. The minimum Gasteiger partial charge on any atom is -0.453 e. The minimum absolute atomic E-state index is 0.0748. The van der Waals surface area contributed by atoms with Crippen molar-refractivity contribution < 1.29 is 9.53 Å². The number of halogens is 1. The second-order valence-corrected chi connectivity index (χ2v) is 4.47. The first-order chi connectivity index (χ1) is 8.66. The largest absolute Gasteiger partial charge is 0.453 e. The Morgan fingerprint density at radius 2 is 1.83 bits per heavy atom. The molecule has 3 rings (SSSR count). The van der Waals surface area contributed by atoms with Gasteiger partial charge in [-0.05, 0) is 30.3 Å². The van der Waals surface area contributed by atoms with Gasteiger partial charge >= 0.3 is 0 Å². The van der Waals surface area contributed by atoms with Gasteiger partial charge in [0.15, 0.2) is 11.5 Å². The van der Waals surface area contributed by atoms with E-state index in [9.17, 15) is 4.79 Å². The second-order valence-electron chi connectivity index (χ2n) is 4.04. The predicted octanol–water partition coefficient (Wildman–Crippen LogP) is 4.13. The number of rotatable bonds is 0. The van der Waals surface area contributed by atoms with Gasteiger partial charge in [0.05, 0.1) is 11.4 Å². The summed E-state index contributed by atoms with van der Waals surface area (Å²) < 4.78 is 5.76. The molecule has 18 heavy (non-hydrogen) atoms. The van der Waals surface area contributed by atoms with Gasteiger partial charge in [0, 0.05) is 11.9 Å². The normalized spacial score (nSPS) is 12.4. The number of para-hydroxylation sites is 2. The highest BCUT2D eigenvalue weighted by atomic mass is 35.5. The van der Waals surface area contributed by atoms with Crippen molar-refractivity contribution >= 4 is 28.9 Å². The number of fused-ring (bicyclic) bond motifs is 2. The molecule has 1 aliphatic rings. The van der Waals surface area contributed by atoms with Crippen LogP contribution in [0.1, 0.15) is 6.92 Å². The Morgan fingerprint density at radius 1 is 1.11 bits per heavy atom. The number of carbonyl (C=O) groups is 1. The summed E-state index contributed by atoms with van der Waals surface area (Å²) in [4.78, 5) is 13.5. The zero-order valence-corrected chi connectivity index (χ0v) is 10.4. The first-order valence-corrected chi connectivity index (χ1v) is 5.92. The average molecular weight is 260 g/mol. The molecule has 4 heteroatoms. The Bertz CT molecular complexity index is 639. The van der Waals surface area contributed by atoms with Crippen LogP contribution in [0.5, 0.6) is 11.5 Å². The fourth-order valence-corrected chi connectivity index (χ4v) is 2.23. The predicted molar refractivity (Wildman–Crippen MR) is 70.8 cm³/mol. The van der Waals surface area contributed by atoms with Crippen LogP contribution in [0, 0.1) is 0 Å². The van der Waals surface area contributed by atoms with E-state index in [4.69, 9.17) is 16.3 Å². The average Bonchev–Trinajstić information content (AvgIpc) is 2.35. The number of ether oxygens (including phenoxy) is 1. The van der Waals surface area contributed by atoms with E-state index in [1.807, 2.05) is 24.3 Å². The van der Waals surface area contributed by atoms with Crippen molar-refractivity contribution in [2.75, 3.05) is 4.90 Å². The maximum absolute atomic E-state index is 11.9. The molecule has 1 heterocycles. The van der Waals surface area contributed by atoms with Crippen LogP contribution >= 0.6 is 11.6 Å². The molecule has 2 aromatic carbocycles. The summed E-state index contributed by atoms with van der Waals surface area (Å²) in [6, 6.07) is 12.7. The van der Waals surface area contributed by atoms with Crippen molar-refractivity contribution in [1.29, 1.82) is 0 Å². The molecule has 0 aromatic heterocycles. The van der Waals surface area contributed by atoms with Gasteiger partial charge in [0.1, 0.15) is 0 Å². The number of hydrogen-bond acceptors (Lipinski definition) is 2. The van der Waals surface area contributed by atoms with E-state index in [0.717, 1.165) is 5.69 Å². The van der Waals surface area contributed by atoms with Crippen molar-refractivity contribution in [3.63, 3.8) is 0 Å². The first kappa shape index (κ1) is 11.1. The van der Waals surface area contributed by atoms with Crippen molar-refractivity contribution in [3.8, 4) is 11.5 Å². The lowest BCUT2D eigenvalue weighted by Crippen LogP contribution is -2.25. The molecule has 2 aromatic rings. The van der Waals surface area contributed by atoms with Crippen LogP contribution in [0.15, 0.2) is 42.5 Å². The van der Waals surface area contributed by atoms with Crippen LogP contribution in [-0.2, 0) is 4.79 Å². The van der Waals surface area contributed by atoms with Crippen molar-refractivity contribution in [2.24, 2.45) is 0 Å². The molecule has 0 unspecified atom stereocenters. The van der Waals surface area contributed by atoms with E-state index in [1.54, 1.807) is 23.1 Å². The summed E-state index contributed by atoms with van der Waals surface area (Å²) in [7, 11) is 0. The van der Waals surface area contributed by atoms with Gasteiger partial charge in [0.25, 0.3) is 0 Å². The minimum atomic E-state index is -0.0748. The van der Waals surface area contributed by atoms with E-state index in [0.29, 0.717) is 22.2 Å². The molecule has 0 spiro atoms. The fourth-order valence-electron chi connectivity index (χ4n) is 2.07. The molecule has 3 nitrogen and oxygen atoms in total. The van der Waals surface area contributed by atoms with Gasteiger partial charge in [-0.3, -0.25) is 9.69 Å². The zero-order valence-electron chi connectivity index (χ0n) is 9.68. The number of benzene rings is 2. The third-order valence-electron chi connectivity index (χ3n) is 2.80. The Balaban J connectivity index is 2.24. The molecule has 0 N–H and O–H groups in total. The van der Waals surface area contributed by atoms with Gasteiger partial charge in [-0.25, -0.2) is 0 Å². The Morgan fingerprint density at radius 3 is 2.61 bits per heavy atom. The third-order valence-corrected chi connectivity index (χ3v) is 3.04. The summed E-state index contributed by atoms with van der Waals surface area (Å²) >= 11 is 5.98. The monoisotopic (exact) mass is 259 g/mol. The lowest BCUT2D eigenvalue weighted by Gasteiger charge is -2.30. The molecule has 0 fully saturated rings. The number of anilines is 2. The van der Waals surface area contributed by atoms with Crippen molar-refractivity contribution in [3.05, 3.63) is 47.5 Å². The SMILES string of the molecule is CC(=O)N1c2ccccc2Oc2ccc(Cl)cc21. The Hall–Kier alpha value is -2.00. The lowest BCUT2D eigenvalue weighted by molar-refractivity contribution is -0.115. The quantitative estimate of drug-likeness (QED) is 0.712. The van der Waals surface area contributed by atoms with Crippen LogP contribution in [-0.4, -0.2) is 5.91 Å². The van der Waals surface area contributed by atoms with Crippen LogP contribution in [0.25, 0.3) is 0 Å². The van der Waals surface area contributed by atoms with E-state index in [-0.39, 0.29) is 5.91 Å². The highest BCUT2D eigenvalue weighted by Crippen LogP contribution is 2.47. The summed E-state index contributed by atoms with van der Waals surface area (Å²) in [6.07, 6.45) is 0. The highest BCUT2D eigenvalue weighted by Gasteiger charge is 2.26. The lowest BCUT2D eigenvalue weighted by atomic mass is 10.1. The number of hydrogen-bond donors (Lipinski definition) is 0. The molecule has 0 atom stereocenters. The zero-order chi connectivity index (χ0) is 12.7. The topological polar surface area (TPSA) is 29.5 Å². The van der Waals surface area contributed by atoms with Gasteiger partial charge in [-0.15, -0.1) is 0 Å². The Labute approximate surface area is 110 Å². The van der Waals surface area contributed by atoms with E-state index in [1.165, 1.54) is 6.92 Å². The maximum atomic E-state index is 11.9. The van der Waals surface area contributed by atoms with Crippen LogP contribution in [0.4, 0.5) is 11.4 Å². The molecule has 0 saturated carbocycles. The smallest absolute Gasteiger partial charge is 0.228 e. The van der Waals surface area contributed by atoms with Crippen molar-refractivity contribution in [2.45, 2.75) is 6.92 Å². The van der Waals surface area contributed by atoms with Gasteiger partial charge < -0.3 is 4.74 Å².